The summed E-state index contributed by atoms with van der Waals surface area (Å²) in [5, 5.41) is 3.55. The number of amides is 2. The van der Waals surface area contributed by atoms with E-state index in [1.165, 1.54) is 19.0 Å². The van der Waals surface area contributed by atoms with Crippen LogP contribution in [0.1, 0.15) is 43.4 Å². The van der Waals surface area contributed by atoms with Crippen LogP contribution in [0, 0.1) is 13.8 Å². The standard InChI is InChI=1S/C26H36Cl2N4O4S/c1-7-13-29-26(34)23(8-2)31(16-20-11-12-21(27)22(28)15-20)25(33)17-32(37(35,36)30(5)6)24-14-18(3)9-10-19(24)4/h9-12,14-15,23H,7-8,13,16-17H2,1-6H3,(H,29,34)/t23-/m1/s1. The van der Waals surface area contributed by atoms with Gasteiger partial charge in [0, 0.05) is 27.2 Å². The smallest absolute Gasteiger partial charge is 0.304 e. The van der Waals surface area contributed by atoms with Gasteiger partial charge >= 0.3 is 10.2 Å². The van der Waals surface area contributed by atoms with Crippen LogP contribution in [-0.4, -0.2) is 62.7 Å². The lowest BCUT2D eigenvalue weighted by molar-refractivity contribution is -0.140. The van der Waals surface area contributed by atoms with E-state index in [9.17, 15) is 18.0 Å². The van der Waals surface area contributed by atoms with Crippen molar-refractivity contribution in [3.05, 3.63) is 63.1 Å². The minimum atomic E-state index is -4.03. The van der Waals surface area contributed by atoms with E-state index in [0.29, 0.717) is 39.8 Å². The third-order valence-corrected chi connectivity index (χ3v) is 8.47. The van der Waals surface area contributed by atoms with Gasteiger partial charge in [0.2, 0.25) is 11.8 Å². The van der Waals surface area contributed by atoms with Crippen LogP contribution in [-0.2, 0) is 26.3 Å². The summed E-state index contributed by atoms with van der Waals surface area (Å²) >= 11 is 12.3. The average molecular weight is 572 g/mol. The van der Waals surface area contributed by atoms with Crippen molar-refractivity contribution in [2.45, 2.75) is 53.1 Å². The maximum absolute atomic E-state index is 13.9. The Morgan fingerprint density at radius 1 is 1.00 bits per heavy atom. The van der Waals surface area contributed by atoms with E-state index in [-0.39, 0.29) is 12.5 Å². The van der Waals surface area contributed by atoms with Crippen molar-refractivity contribution in [3.8, 4) is 0 Å². The molecule has 0 bridgehead atoms. The second-order valence-electron chi connectivity index (χ2n) is 9.07. The monoisotopic (exact) mass is 570 g/mol. The maximum atomic E-state index is 13.9. The summed E-state index contributed by atoms with van der Waals surface area (Å²) in [6, 6.07) is 9.61. The summed E-state index contributed by atoms with van der Waals surface area (Å²) in [6.45, 7) is 7.43. The zero-order valence-electron chi connectivity index (χ0n) is 22.2. The van der Waals surface area contributed by atoms with Gasteiger partial charge in [-0.3, -0.25) is 9.59 Å². The first kappa shape index (κ1) is 30.9. The highest BCUT2D eigenvalue weighted by molar-refractivity contribution is 7.90. The van der Waals surface area contributed by atoms with Crippen molar-refractivity contribution in [2.75, 3.05) is 31.5 Å². The highest BCUT2D eigenvalue weighted by atomic mass is 35.5. The molecule has 0 spiro atoms. The molecule has 1 N–H and O–H groups in total. The zero-order valence-corrected chi connectivity index (χ0v) is 24.5. The molecule has 0 saturated carbocycles. The van der Waals surface area contributed by atoms with E-state index in [2.05, 4.69) is 5.32 Å². The van der Waals surface area contributed by atoms with E-state index in [4.69, 9.17) is 23.2 Å². The van der Waals surface area contributed by atoms with Crippen LogP contribution in [0.3, 0.4) is 0 Å². The molecule has 0 aliphatic rings. The summed E-state index contributed by atoms with van der Waals surface area (Å²) in [7, 11) is -1.20. The van der Waals surface area contributed by atoms with Gasteiger partial charge in [-0.05, 0) is 61.6 Å². The molecule has 1 atom stereocenters. The van der Waals surface area contributed by atoms with Gasteiger partial charge in [-0.1, -0.05) is 55.2 Å². The normalized spacial score (nSPS) is 12.4. The molecule has 0 saturated heterocycles. The van der Waals surface area contributed by atoms with Gasteiger partial charge in [0.15, 0.2) is 0 Å². The maximum Gasteiger partial charge on any atom is 0.304 e. The molecule has 2 rings (SSSR count). The van der Waals surface area contributed by atoms with Crippen molar-refractivity contribution in [1.82, 2.24) is 14.5 Å². The molecule has 2 amide bonds. The SMILES string of the molecule is CCCNC(=O)[C@@H](CC)N(Cc1ccc(Cl)c(Cl)c1)C(=O)CN(c1cc(C)ccc1C)S(=O)(=O)N(C)C. The Labute approximate surface area is 230 Å². The zero-order chi connectivity index (χ0) is 27.9. The number of aryl methyl sites for hydroxylation is 2. The quantitative estimate of drug-likeness (QED) is 0.405. The number of nitrogens with zero attached hydrogens (tertiary/aromatic N) is 3. The van der Waals surface area contributed by atoms with Gasteiger partial charge in [-0.15, -0.1) is 0 Å². The van der Waals surface area contributed by atoms with Crippen molar-refractivity contribution < 1.29 is 18.0 Å². The van der Waals surface area contributed by atoms with Crippen LogP contribution in [0.25, 0.3) is 0 Å². The van der Waals surface area contributed by atoms with Crippen molar-refractivity contribution >= 4 is 50.9 Å². The van der Waals surface area contributed by atoms with Gasteiger partial charge in [-0.2, -0.15) is 12.7 Å². The summed E-state index contributed by atoms with van der Waals surface area (Å²) in [6.07, 6.45) is 1.08. The van der Waals surface area contributed by atoms with E-state index < -0.39 is 28.7 Å². The van der Waals surface area contributed by atoms with Gasteiger partial charge in [0.05, 0.1) is 15.7 Å². The first-order valence-corrected chi connectivity index (χ1v) is 14.3. The molecule has 0 fully saturated rings. The van der Waals surface area contributed by atoms with Crippen LogP contribution < -0.4 is 9.62 Å². The first-order valence-electron chi connectivity index (χ1n) is 12.1. The summed E-state index contributed by atoms with van der Waals surface area (Å²) in [5.41, 5.74) is 2.62. The number of rotatable bonds is 12. The number of halogens is 2. The lowest BCUT2D eigenvalue weighted by Gasteiger charge is -2.34. The predicted molar refractivity (Wildman–Crippen MR) is 150 cm³/mol. The highest BCUT2D eigenvalue weighted by Gasteiger charge is 2.34. The van der Waals surface area contributed by atoms with E-state index in [1.807, 2.05) is 32.9 Å². The molecule has 0 aromatic heterocycles. The Bertz CT molecular complexity index is 1220. The average Bonchev–Trinajstić information content (AvgIpc) is 2.84. The van der Waals surface area contributed by atoms with Crippen molar-refractivity contribution in [2.24, 2.45) is 0 Å². The Hall–Kier alpha value is -2.33. The molecule has 0 aliphatic heterocycles. The Morgan fingerprint density at radius 3 is 2.24 bits per heavy atom. The number of nitrogens with one attached hydrogen (secondary N) is 1. The van der Waals surface area contributed by atoms with Crippen LogP contribution in [0.2, 0.25) is 10.0 Å². The molecule has 2 aromatic rings. The fourth-order valence-corrected chi connectivity index (χ4v) is 5.24. The Kier molecular flexibility index (Phi) is 11.2. The lowest BCUT2D eigenvalue weighted by Crippen LogP contribution is -2.53. The van der Waals surface area contributed by atoms with Gasteiger partial charge in [0.1, 0.15) is 12.6 Å². The fraction of sp³-hybridized carbons (Fsp3) is 0.462. The summed E-state index contributed by atoms with van der Waals surface area (Å²) < 4.78 is 28.9. The topological polar surface area (TPSA) is 90.0 Å². The van der Waals surface area contributed by atoms with Crippen LogP contribution in [0.5, 0.6) is 0 Å². The lowest BCUT2D eigenvalue weighted by atomic mass is 10.1. The molecular formula is C26H36Cl2N4O4S. The molecular weight excluding hydrogens is 535 g/mol. The predicted octanol–water partition coefficient (Wildman–Crippen LogP) is 4.56. The number of benzene rings is 2. The van der Waals surface area contributed by atoms with Gasteiger partial charge in [0.25, 0.3) is 0 Å². The van der Waals surface area contributed by atoms with Crippen LogP contribution in [0.4, 0.5) is 5.69 Å². The third-order valence-electron chi connectivity index (χ3n) is 5.92. The van der Waals surface area contributed by atoms with Crippen molar-refractivity contribution in [3.63, 3.8) is 0 Å². The number of carbonyl (C=O) groups is 2. The van der Waals surface area contributed by atoms with E-state index in [1.54, 1.807) is 31.2 Å². The van der Waals surface area contributed by atoms with E-state index >= 15 is 0 Å². The number of hydrogen-bond acceptors (Lipinski definition) is 4. The molecule has 8 nitrogen and oxygen atoms in total. The van der Waals surface area contributed by atoms with Crippen LogP contribution >= 0.6 is 23.2 Å². The molecule has 0 radical (unpaired) electrons. The van der Waals surface area contributed by atoms with E-state index in [0.717, 1.165) is 20.6 Å². The number of hydrogen-bond donors (Lipinski definition) is 1. The number of carbonyl (C=O) groups excluding carboxylic acids is 2. The van der Waals surface area contributed by atoms with Crippen LogP contribution in [0.15, 0.2) is 36.4 Å². The molecule has 0 aliphatic carbocycles. The minimum absolute atomic E-state index is 0.0520. The highest BCUT2D eigenvalue weighted by Crippen LogP contribution is 2.27. The number of anilines is 1. The molecule has 11 heteroatoms. The largest absolute Gasteiger partial charge is 0.354 e. The molecule has 0 unspecified atom stereocenters. The van der Waals surface area contributed by atoms with Gasteiger partial charge < -0.3 is 10.2 Å². The van der Waals surface area contributed by atoms with Gasteiger partial charge in [-0.25, -0.2) is 4.31 Å². The molecule has 2 aromatic carbocycles. The Morgan fingerprint density at radius 2 is 1.68 bits per heavy atom. The molecule has 0 heterocycles. The summed E-state index contributed by atoms with van der Waals surface area (Å²) in [4.78, 5) is 28.4. The second kappa shape index (κ2) is 13.5. The molecule has 204 valence electrons. The minimum Gasteiger partial charge on any atom is -0.354 e. The first-order chi connectivity index (χ1) is 17.3. The Balaban J connectivity index is 2.56. The summed E-state index contributed by atoms with van der Waals surface area (Å²) in [5.74, 6) is -0.817. The third kappa shape index (κ3) is 7.83. The molecule has 37 heavy (non-hydrogen) atoms. The fourth-order valence-electron chi connectivity index (χ4n) is 3.81. The second-order valence-corrected chi connectivity index (χ2v) is 12.0. The van der Waals surface area contributed by atoms with Crippen molar-refractivity contribution in [1.29, 1.82) is 0 Å².